The monoisotopic (exact) mass is 424 g/mol. The molecule has 0 aliphatic carbocycles. The van der Waals surface area contributed by atoms with Crippen LogP contribution in [0, 0.1) is 0 Å². The van der Waals surface area contributed by atoms with Gasteiger partial charge in [0.05, 0.1) is 12.6 Å². The molecule has 1 fully saturated rings. The lowest BCUT2D eigenvalue weighted by molar-refractivity contribution is -0.179. The third kappa shape index (κ3) is 5.61. The topological polar surface area (TPSA) is 84.0 Å². The minimum absolute atomic E-state index is 0.0431. The fraction of sp³-hybridized carbons (Fsp3) is 0.524. The molecular formula is C21H26F2N2O5. The number of hydrogen-bond donors (Lipinski definition) is 0. The third-order valence-corrected chi connectivity index (χ3v) is 4.96. The highest BCUT2D eigenvalue weighted by Gasteiger charge is 2.54. The van der Waals surface area contributed by atoms with Crippen LogP contribution in [0.2, 0.25) is 0 Å². The maximum Gasteiger partial charge on any atom is 0.401 e. The zero-order valence-corrected chi connectivity index (χ0v) is 17.1. The molecule has 164 valence electrons. The second kappa shape index (κ2) is 10.3. The number of likely N-dealkylation sites (tertiary alicyclic amines) is 1. The van der Waals surface area contributed by atoms with Gasteiger partial charge in [0.15, 0.2) is 0 Å². The van der Waals surface area contributed by atoms with Crippen molar-refractivity contribution in [2.75, 3.05) is 20.2 Å². The van der Waals surface area contributed by atoms with Gasteiger partial charge in [-0.1, -0.05) is 30.3 Å². The minimum Gasteiger partial charge on any atom is -0.461 e. The second-order valence-corrected chi connectivity index (χ2v) is 7.14. The van der Waals surface area contributed by atoms with Gasteiger partial charge in [0, 0.05) is 33.0 Å². The highest BCUT2D eigenvalue weighted by atomic mass is 19.3. The van der Waals surface area contributed by atoms with Crippen LogP contribution < -0.4 is 0 Å². The fourth-order valence-electron chi connectivity index (χ4n) is 3.36. The van der Waals surface area contributed by atoms with Crippen molar-refractivity contribution in [2.45, 2.75) is 51.1 Å². The Bertz CT molecular complexity index is 785. The normalized spacial score (nSPS) is 16.3. The second-order valence-electron chi connectivity index (χ2n) is 7.14. The molecule has 1 saturated heterocycles. The lowest BCUT2D eigenvalue weighted by Gasteiger charge is -2.26. The van der Waals surface area contributed by atoms with Crippen molar-refractivity contribution < 1.29 is 32.7 Å². The van der Waals surface area contributed by atoms with Gasteiger partial charge >= 0.3 is 11.9 Å². The van der Waals surface area contributed by atoms with Crippen LogP contribution in [0.5, 0.6) is 0 Å². The molecule has 2 rings (SSSR count). The van der Waals surface area contributed by atoms with Crippen LogP contribution in [0.15, 0.2) is 30.3 Å². The van der Waals surface area contributed by atoms with E-state index in [0.717, 1.165) is 10.5 Å². The molecule has 2 amide bonds. The van der Waals surface area contributed by atoms with Crippen molar-refractivity contribution in [3.63, 3.8) is 0 Å². The van der Waals surface area contributed by atoms with Gasteiger partial charge in [0.25, 0.3) is 0 Å². The fourth-order valence-corrected chi connectivity index (χ4v) is 3.36. The highest BCUT2D eigenvalue weighted by molar-refractivity contribution is 6.08. The molecule has 0 radical (unpaired) electrons. The third-order valence-electron chi connectivity index (χ3n) is 4.96. The molecule has 1 aromatic rings. The van der Waals surface area contributed by atoms with Crippen molar-refractivity contribution in [1.29, 1.82) is 0 Å². The zero-order valence-electron chi connectivity index (χ0n) is 17.1. The van der Waals surface area contributed by atoms with Gasteiger partial charge in [-0.2, -0.15) is 8.78 Å². The van der Waals surface area contributed by atoms with Gasteiger partial charge in [-0.05, 0) is 25.3 Å². The molecule has 1 heterocycles. The van der Waals surface area contributed by atoms with Crippen LogP contribution >= 0.6 is 0 Å². The van der Waals surface area contributed by atoms with Crippen molar-refractivity contribution in [3.05, 3.63) is 35.9 Å². The molecule has 1 aromatic carbocycles. The summed E-state index contributed by atoms with van der Waals surface area (Å²) in [5, 5.41) is 0. The summed E-state index contributed by atoms with van der Waals surface area (Å²) in [5.41, 5.74) is 0.936. The van der Waals surface area contributed by atoms with Crippen LogP contribution in [0.1, 0.15) is 38.2 Å². The van der Waals surface area contributed by atoms with E-state index >= 15 is 0 Å². The summed E-state index contributed by atoms with van der Waals surface area (Å²) in [6.07, 6.45) is 0.102. The van der Waals surface area contributed by atoms with Gasteiger partial charge in [-0.3, -0.25) is 14.4 Å². The van der Waals surface area contributed by atoms with Gasteiger partial charge in [0.2, 0.25) is 17.6 Å². The van der Waals surface area contributed by atoms with Gasteiger partial charge < -0.3 is 14.5 Å². The van der Waals surface area contributed by atoms with Crippen LogP contribution in [0.25, 0.3) is 0 Å². The van der Waals surface area contributed by atoms with Crippen LogP contribution in [-0.4, -0.2) is 65.5 Å². The number of carbonyl (C=O) groups excluding carboxylic acids is 4. The molecule has 1 aliphatic heterocycles. The van der Waals surface area contributed by atoms with Crippen LogP contribution in [0.4, 0.5) is 8.78 Å². The molecular weight excluding hydrogens is 398 g/mol. The number of alkyl halides is 2. The number of nitrogens with zero attached hydrogens (tertiary/aromatic N) is 2. The van der Waals surface area contributed by atoms with Gasteiger partial charge in [0.1, 0.15) is 0 Å². The summed E-state index contributed by atoms with van der Waals surface area (Å²) in [4.78, 5) is 51.0. The lowest BCUT2D eigenvalue weighted by atomic mass is 10.0. The number of rotatable bonds is 9. The lowest BCUT2D eigenvalue weighted by Crippen LogP contribution is -2.51. The smallest absolute Gasteiger partial charge is 0.401 e. The number of esters is 1. The number of amides is 2. The molecule has 1 unspecified atom stereocenters. The number of hydrogen-bond acceptors (Lipinski definition) is 5. The Labute approximate surface area is 174 Å². The standard InChI is InChI=1S/C21H26F2N2O5/c1-3-30-20(29)21(22,23)19(28)16-10-7-13-25(16)18(27)12-11-17(26)24(2)14-15-8-5-4-6-9-15/h4-6,8-9,16H,3,7,10-14H2,1-2H3. The SMILES string of the molecule is CCOC(=O)C(F)(F)C(=O)C1CCCN1C(=O)CCC(=O)N(C)Cc1ccccc1. The van der Waals surface area contributed by atoms with Gasteiger partial charge in [-0.15, -0.1) is 0 Å². The summed E-state index contributed by atoms with van der Waals surface area (Å²) in [6.45, 7) is 1.58. The Morgan fingerprint density at radius 3 is 2.47 bits per heavy atom. The first-order valence-electron chi connectivity index (χ1n) is 9.85. The molecule has 0 aromatic heterocycles. The Balaban J connectivity index is 1.93. The number of Topliss-reactive ketones (excluding diaryl/α,β-unsaturated/α-hetero) is 1. The minimum atomic E-state index is -4.31. The summed E-state index contributed by atoms with van der Waals surface area (Å²) < 4.78 is 32.5. The van der Waals surface area contributed by atoms with E-state index < -0.39 is 29.6 Å². The predicted molar refractivity (Wildman–Crippen MR) is 103 cm³/mol. The van der Waals surface area contributed by atoms with Crippen molar-refractivity contribution in [2.24, 2.45) is 0 Å². The van der Waals surface area contributed by atoms with Crippen LogP contribution in [-0.2, 0) is 30.5 Å². The predicted octanol–water partition coefficient (Wildman–Crippen LogP) is 2.18. The Morgan fingerprint density at radius 1 is 1.17 bits per heavy atom. The number of carbonyl (C=O) groups is 4. The average Bonchev–Trinajstić information content (AvgIpc) is 3.21. The highest BCUT2D eigenvalue weighted by Crippen LogP contribution is 2.28. The maximum atomic E-state index is 14.1. The van der Waals surface area contributed by atoms with Crippen molar-refractivity contribution in [3.8, 4) is 0 Å². The van der Waals surface area contributed by atoms with E-state index in [9.17, 15) is 28.0 Å². The zero-order chi connectivity index (χ0) is 22.3. The summed E-state index contributed by atoms with van der Waals surface area (Å²) >= 11 is 0. The van der Waals surface area contributed by atoms with E-state index in [1.807, 2.05) is 30.3 Å². The number of ether oxygens (including phenoxy) is 1. The van der Waals surface area contributed by atoms with E-state index in [4.69, 9.17) is 0 Å². The van der Waals surface area contributed by atoms with E-state index in [0.29, 0.717) is 13.0 Å². The van der Waals surface area contributed by atoms with Gasteiger partial charge in [-0.25, -0.2) is 4.79 Å². The molecule has 1 atom stereocenters. The maximum absolute atomic E-state index is 14.1. The molecule has 7 nitrogen and oxygen atoms in total. The van der Waals surface area contributed by atoms with Crippen molar-refractivity contribution in [1.82, 2.24) is 9.80 Å². The quantitative estimate of drug-likeness (QED) is 0.448. The Morgan fingerprint density at radius 2 is 1.83 bits per heavy atom. The van der Waals surface area contributed by atoms with E-state index in [2.05, 4.69) is 4.74 Å². The largest absolute Gasteiger partial charge is 0.461 e. The molecule has 0 saturated carbocycles. The van der Waals surface area contributed by atoms with Crippen LogP contribution in [0.3, 0.4) is 0 Å². The number of ketones is 1. The summed E-state index contributed by atoms with van der Waals surface area (Å²) in [7, 11) is 1.61. The summed E-state index contributed by atoms with van der Waals surface area (Å²) in [5.74, 6) is -8.70. The van der Waals surface area contributed by atoms with E-state index in [1.165, 1.54) is 11.8 Å². The first-order chi connectivity index (χ1) is 14.2. The number of halogens is 2. The molecule has 30 heavy (non-hydrogen) atoms. The van der Waals surface area contributed by atoms with E-state index in [-0.39, 0.29) is 38.3 Å². The molecule has 9 heteroatoms. The molecule has 1 aliphatic rings. The van der Waals surface area contributed by atoms with Crippen molar-refractivity contribution >= 4 is 23.6 Å². The first-order valence-corrected chi connectivity index (χ1v) is 9.85. The van der Waals surface area contributed by atoms with E-state index in [1.54, 1.807) is 7.05 Å². The number of benzene rings is 1. The molecule has 0 spiro atoms. The summed E-state index contributed by atoms with van der Waals surface area (Å²) in [6, 6.07) is 7.93. The average molecular weight is 424 g/mol. The Kier molecular flexibility index (Phi) is 8.02. The molecule has 0 N–H and O–H groups in total. The Hall–Kier alpha value is -2.84. The first kappa shape index (κ1) is 23.4. The molecule has 0 bridgehead atoms.